The molecule has 1 aliphatic rings. The Morgan fingerprint density at radius 2 is 2.18 bits per heavy atom. The molecule has 17 heavy (non-hydrogen) atoms. The molecule has 0 unspecified atom stereocenters. The summed E-state index contributed by atoms with van der Waals surface area (Å²) in [6, 6.07) is 1.68. The summed E-state index contributed by atoms with van der Waals surface area (Å²) in [6.07, 6.45) is 2.59. The van der Waals surface area contributed by atoms with Crippen LogP contribution in [0.5, 0.6) is 0 Å². The van der Waals surface area contributed by atoms with Crippen molar-refractivity contribution < 1.29 is 0 Å². The molecule has 1 aliphatic carbocycles. The van der Waals surface area contributed by atoms with Gasteiger partial charge in [-0.2, -0.15) is 0 Å². The Labute approximate surface area is 111 Å². The molecule has 0 spiro atoms. The Morgan fingerprint density at radius 1 is 1.47 bits per heavy atom. The first kappa shape index (κ1) is 12.7. The quantitative estimate of drug-likeness (QED) is 0.641. The number of hydrazine groups is 1. The average molecular weight is 275 g/mol. The Morgan fingerprint density at radius 3 is 2.71 bits per heavy atom. The Bertz CT molecular complexity index is 407. The number of anilines is 2. The molecule has 1 aromatic heterocycles. The van der Waals surface area contributed by atoms with Crippen LogP contribution in [-0.4, -0.2) is 18.1 Å². The normalized spacial score (nSPS) is 14.8. The fourth-order valence-electron chi connectivity index (χ4n) is 1.76. The van der Waals surface area contributed by atoms with Gasteiger partial charge in [0.1, 0.15) is 5.82 Å². The molecule has 0 aromatic carbocycles. The SMILES string of the molecule is CCN(CC1CC1)c1nc(NN)c(Cl)cc1Cl. The van der Waals surface area contributed by atoms with Crippen LogP contribution in [0.3, 0.4) is 0 Å². The number of rotatable bonds is 5. The molecule has 6 heteroatoms. The van der Waals surface area contributed by atoms with Gasteiger partial charge in [-0.25, -0.2) is 10.8 Å². The van der Waals surface area contributed by atoms with E-state index in [4.69, 9.17) is 29.0 Å². The number of aromatic nitrogens is 1. The van der Waals surface area contributed by atoms with E-state index in [0.29, 0.717) is 15.9 Å². The maximum atomic E-state index is 6.18. The lowest BCUT2D eigenvalue weighted by Gasteiger charge is -2.23. The lowest BCUT2D eigenvalue weighted by molar-refractivity contribution is 0.732. The third kappa shape index (κ3) is 2.94. The molecule has 4 nitrogen and oxygen atoms in total. The fourth-order valence-corrected chi connectivity index (χ4v) is 2.29. The summed E-state index contributed by atoms with van der Waals surface area (Å²) >= 11 is 12.1. The van der Waals surface area contributed by atoms with Gasteiger partial charge in [0.15, 0.2) is 5.82 Å². The summed E-state index contributed by atoms with van der Waals surface area (Å²) in [7, 11) is 0. The van der Waals surface area contributed by atoms with Crippen LogP contribution in [0.15, 0.2) is 6.07 Å². The van der Waals surface area contributed by atoms with E-state index in [1.54, 1.807) is 6.07 Å². The fraction of sp³-hybridized carbons (Fsp3) is 0.545. The molecule has 2 rings (SSSR count). The summed E-state index contributed by atoms with van der Waals surface area (Å²) in [4.78, 5) is 6.53. The first-order valence-corrected chi connectivity index (χ1v) is 6.49. The van der Waals surface area contributed by atoms with Gasteiger partial charge >= 0.3 is 0 Å². The molecule has 0 amide bonds. The second-order valence-corrected chi connectivity index (χ2v) is 5.06. The van der Waals surface area contributed by atoms with E-state index in [-0.39, 0.29) is 0 Å². The first-order chi connectivity index (χ1) is 8.15. The molecule has 0 saturated heterocycles. The van der Waals surface area contributed by atoms with Gasteiger partial charge in [0.2, 0.25) is 0 Å². The Balaban J connectivity index is 2.27. The number of pyridine rings is 1. The molecule has 94 valence electrons. The highest BCUT2D eigenvalue weighted by Gasteiger charge is 2.25. The van der Waals surface area contributed by atoms with E-state index in [2.05, 4.69) is 22.2 Å². The van der Waals surface area contributed by atoms with Crippen molar-refractivity contribution in [3.63, 3.8) is 0 Å². The van der Waals surface area contributed by atoms with Crippen LogP contribution in [0.2, 0.25) is 10.0 Å². The second-order valence-electron chi connectivity index (χ2n) is 4.25. The predicted octanol–water partition coefficient (Wildman–Crippen LogP) is 2.91. The van der Waals surface area contributed by atoms with E-state index in [0.717, 1.165) is 24.8 Å². The van der Waals surface area contributed by atoms with Gasteiger partial charge in [0.25, 0.3) is 0 Å². The molecule has 0 atom stereocenters. The standard InChI is InChI=1S/C11H16Cl2N4/c1-2-17(6-7-3-4-7)11-9(13)5-8(12)10(15-11)16-14/h5,7H,2-4,6,14H2,1H3,(H,15,16). The summed E-state index contributed by atoms with van der Waals surface area (Å²) in [5, 5.41) is 1.00. The van der Waals surface area contributed by atoms with E-state index >= 15 is 0 Å². The molecule has 0 aliphatic heterocycles. The highest BCUT2D eigenvalue weighted by atomic mass is 35.5. The highest BCUT2D eigenvalue weighted by molar-refractivity contribution is 6.37. The number of nitrogens with two attached hydrogens (primary N) is 1. The van der Waals surface area contributed by atoms with E-state index in [1.165, 1.54) is 12.8 Å². The van der Waals surface area contributed by atoms with Crippen LogP contribution in [-0.2, 0) is 0 Å². The Hall–Kier alpha value is -0.710. The van der Waals surface area contributed by atoms with Crippen LogP contribution in [0.1, 0.15) is 19.8 Å². The summed E-state index contributed by atoms with van der Waals surface area (Å²) in [6.45, 7) is 3.95. The minimum absolute atomic E-state index is 0.434. The molecular formula is C11H16Cl2N4. The van der Waals surface area contributed by atoms with Crippen molar-refractivity contribution in [3.8, 4) is 0 Å². The number of nitrogen functional groups attached to an aromatic ring is 1. The van der Waals surface area contributed by atoms with Crippen LogP contribution < -0.4 is 16.2 Å². The van der Waals surface area contributed by atoms with E-state index < -0.39 is 0 Å². The molecule has 1 heterocycles. The van der Waals surface area contributed by atoms with Gasteiger partial charge in [-0.15, -0.1) is 0 Å². The monoisotopic (exact) mass is 274 g/mol. The number of nitrogens with zero attached hydrogens (tertiary/aromatic N) is 2. The molecule has 1 fully saturated rings. The van der Waals surface area contributed by atoms with E-state index in [9.17, 15) is 0 Å². The van der Waals surface area contributed by atoms with Gasteiger partial charge in [-0.3, -0.25) is 0 Å². The number of nitrogens with one attached hydrogen (secondary N) is 1. The minimum Gasteiger partial charge on any atom is -0.355 e. The zero-order valence-corrected chi connectivity index (χ0v) is 11.2. The van der Waals surface area contributed by atoms with Crippen molar-refractivity contribution in [2.24, 2.45) is 11.8 Å². The number of hydrogen-bond donors (Lipinski definition) is 2. The molecule has 3 N–H and O–H groups in total. The smallest absolute Gasteiger partial charge is 0.161 e. The maximum Gasteiger partial charge on any atom is 0.161 e. The topological polar surface area (TPSA) is 54.2 Å². The lowest BCUT2D eigenvalue weighted by Crippen LogP contribution is -2.27. The van der Waals surface area contributed by atoms with Gasteiger partial charge in [-0.05, 0) is 31.7 Å². The molecule has 1 aromatic rings. The molecule has 0 bridgehead atoms. The predicted molar refractivity (Wildman–Crippen MR) is 72.7 cm³/mol. The summed E-state index contributed by atoms with van der Waals surface area (Å²) in [5.41, 5.74) is 2.48. The largest absolute Gasteiger partial charge is 0.355 e. The van der Waals surface area contributed by atoms with Crippen LogP contribution >= 0.6 is 23.2 Å². The Kier molecular flexibility index (Phi) is 3.97. The van der Waals surface area contributed by atoms with Gasteiger partial charge in [-0.1, -0.05) is 23.2 Å². The third-order valence-corrected chi connectivity index (χ3v) is 3.47. The van der Waals surface area contributed by atoms with Crippen molar-refractivity contribution in [1.29, 1.82) is 0 Å². The van der Waals surface area contributed by atoms with E-state index in [1.807, 2.05) is 0 Å². The highest BCUT2D eigenvalue weighted by Crippen LogP contribution is 2.35. The lowest BCUT2D eigenvalue weighted by atomic mass is 10.3. The van der Waals surface area contributed by atoms with Crippen LogP contribution in [0.25, 0.3) is 0 Å². The first-order valence-electron chi connectivity index (χ1n) is 5.73. The minimum atomic E-state index is 0.434. The number of hydrogen-bond acceptors (Lipinski definition) is 4. The zero-order valence-electron chi connectivity index (χ0n) is 9.71. The molecule has 1 saturated carbocycles. The second kappa shape index (κ2) is 5.29. The van der Waals surface area contributed by atoms with Crippen LogP contribution in [0, 0.1) is 5.92 Å². The van der Waals surface area contributed by atoms with Crippen molar-refractivity contribution in [2.45, 2.75) is 19.8 Å². The van der Waals surface area contributed by atoms with Crippen molar-refractivity contribution >= 4 is 34.8 Å². The average Bonchev–Trinajstić information content (AvgIpc) is 3.11. The summed E-state index contributed by atoms with van der Waals surface area (Å²) < 4.78 is 0. The summed E-state index contributed by atoms with van der Waals surface area (Å²) in [5.74, 6) is 7.35. The van der Waals surface area contributed by atoms with Crippen LogP contribution in [0.4, 0.5) is 11.6 Å². The zero-order chi connectivity index (χ0) is 12.4. The van der Waals surface area contributed by atoms with Gasteiger partial charge in [0, 0.05) is 13.1 Å². The third-order valence-electron chi connectivity index (χ3n) is 2.90. The van der Waals surface area contributed by atoms with Gasteiger partial charge in [0.05, 0.1) is 10.0 Å². The van der Waals surface area contributed by atoms with Gasteiger partial charge < -0.3 is 10.3 Å². The van der Waals surface area contributed by atoms with Crippen molar-refractivity contribution in [2.75, 3.05) is 23.4 Å². The number of halogens is 2. The molecular weight excluding hydrogens is 259 g/mol. The maximum absolute atomic E-state index is 6.18. The van der Waals surface area contributed by atoms with Crippen molar-refractivity contribution in [3.05, 3.63) is 16.1 Å². The van der Waals surface area contributed by atoms with Crippen molar-refractivity contribution in [1.82, 2.24) is 4.98 Å². The molecule has 0 radical (unpaired) electrons.